The minimum Gasteiger partial charge on any atom is -0.356 e. The van der Waals surface area contributed by atoms with Crippen molar-refractivity contribution in [2.75, 3.05) is 26.2 Å². The van der Waals surface area contributed by atoms with E-state index in [9.17, 15) is 4.79 Å². The van der Waals surface area contributed by atoms with E-state index in [1.807, 2.05) is 0 Å². The van der Waals surface area contributed by atoms with Crippen LogP contribution in [0.25, 0.3) is 0 Å². The third-order valence-electron chi connectivity index (χ3n) is 4.10. The molecule has 18 heavy (non-hydrogen) atoms. The third-order valence-corrected chi connectivity index (χ3v) is 4.10. The average Bonchev–Trinajstić information content (AvgIpc) is 3.19. The summed E-state index contributed by atoms with van der Waals surface area (Å²) >= 11 is 0. The van der Waals surface area contributed by atoms with Crippen molar-refractivity contribution in [1.29, 1.82) is 0 Å². The molecule has 0 bridgehead atoms. The van der Waals surface area contributed by atoms with E-state index in [1.165, 1.54) is 58.2 Å². The van der Waals surface area contributed by atoms with E-state index in [2.05, 4.69) is 10.2 Å². The minimum atomic E-state index is 0.294. The first-order chi connectivity index (χ1) is 8.86. The summed E-state index contributed by atoms with van der Waals surface area (Å²) in [5.74, 6) is 0.657. The molecule has 1 heterocycles. The highest BCUT2D eigenvalue weighted by Gasteiger charge is 2.28. The second-order valence-electron chi connectivity index (χ2n) is 5.88. The predicted octanol–water partition coefficient (Wildman–Crippen LogP) is 2.56. The van der Waals surface area contributed by atoms with Crippen LogP contribution < -0.4 is 5.32 Å². The van der Waals surface area contributed by atoms with Crippen molar-refractivity contribution in [1.82, 2.24) is 10.2 Å². The van der Waals surface area contributed by atoms with Gasteiger partial charge in [0, 0.05) is 12.5 Å². The molecule has 1 saturated carbocycles. The molecule has 1 aliphatic carbocycles. The van der Waals surface area contributed by atoms with Crippen LogP contribution in [0, 0.1) is 5.92 Å². The molecule has 2 rings (SSSR count). The van der Waals surface area contributed by atoms with Crippen LogP contribution in [0.3, 0.4) is 0 Å². The van der Waals surface area contributed by atoms with Gasteiger partial charge in [-0.05, 0) is 58.2 Å². The summed E-state index contributed by atoms with van der Waals surface area (Å²) in [5.41, 5.74) is 0. The highest BCUT2D eigenvalue weighted by molar-refractivity contribution is 5.80. The first-order valence-corrected chi connectivity index (χ1v) is 7.86. The van der Waals surface area contributed by atoms with Gasteiger partial charge in [0.1, 0.15) is 0 Å². The van der Waals surface area contributed by atoms with Crippen molar-refractivity contribution >= 4 is 5.91 Å². The molecule has 0 radical (unpaired) electrons. The lowest BCUT2D eigenvalue weighted by Gasteiger charge is -2.19. The zero-order valence-corrected chi connectivity index (χ0v) is 11.6. The Morgan fingerprint density at radius 3 is 2.39 bits per heavy atom. The molecule has 1 N–H and O–H groups in total. The number of hydrogen-bond acceptors (Lipinski definition) is 2. The van der Waals surface area contributed by atoms with Crippen LogP contribution in [0.15, 0.2) is 0 Å². The van der Waals surface area contributed by atoms with Crippen molar-refractivity contribution in [2.45, 2.75) is 57.8 Å². The van der Waals surface area contributed by atoms with E-state index in [0.29, 0.717) is 11.8 Å². The SMILES string of the molecule is O=C(NCCCCCN1CCCCCC1)C1CC1. The standard InChI is InChI=1S/C15H28N2O/c18-15(14-8-9-14)16-10-4-3-7-13-17-11-5-1-2-6-12-17/h14H,1-13H2,(H,16,18). The maximum atomic E-state index is 11.4. The number of likely N-dealkylation sites (tertiary alicyclic amines) is 1. The molecule has 1 amide bonds. The summed E-state index contributed by atoms with van der Waals surface area (Å²) < 4.78 is 0. The van der Waals surface area contributed by atoms with Gasteiger partial charge in [0.15, 0.2) is 0 Å². The summed E-state index contributed by atoms with van der Waals surface area (Å²) in [4.78, 5) is 14.0. The summed E-state index contributed by atoms with van der Waals surface area (Å²) in [6, 6.07) is 0. The average molecular weight is 252 g/mol. The monoisotopic (exact) mass is 252 g/mol. The Morgan fingerprint density at radius 2 is 1.72 bits per heavy atom. The number of nitrogens with zero attached hydrogens (tertiary/aromatic N) is 1. The Labute approximate surface area is 111 Å². The van der Waals surface area contributed by atoms with Gasteiger partial charge >= 0.3 is 0 Å². The Balaban J connectivity index is 1.41. The van der Waals surface area contributed by atoms with Gasteiger partial charge in [-0.2, -0.15) is 0 Å². The number of amides is 1. The van der Waals surface area contributed by atoms with Gasteiger partial charge in [-0.25, -0.2) is 0 Å². The number of carbonyl (C=O) groups excluding carboxylic acids is 1. The fraction of sp³-hybridized carbons (Fsp3) is 0.933. The second kappa shape index (κ2) is 7.78. The first kappa shape index (κ1) is 13.9. The number of nitrogens with one attached hydrogen (secondary N) is 1. The van der Waals surface area contributed by atoms with Gasteiger partial charge in [0.25, 0.3) is 0 Å². The van der Waals surface area contributed by atoms with Crippen LogP contribution in [-0.4, -0.2) is 37.0 Å². The smallest absolute Gasteiger partial charge is 0.223 e. The Bertz CT molecular complexity index is 243. The highest BCUT2D eigenvalue weighted by atomic mass is 16.2. The Hall–Kier alpha value is -0.570. The third kappa shape index (κ3) is 5.38. The predicted molar refractivity (Wildman–Crippen MR) is 74.5 cm³/mol. The van der Waals surface area contributed by atoms with E-state index in [4.69, 9.17) is 0 Å². The Morgan fingerprint density at radius 1 is 1.00 bits per heavy atom. The van der Waals surface area contributed by atoms with E-state index < -0.39 is 0 Å². The minimum absolute atomic E-state index is 0.294. The van der Waals surface area contributed by atoms with Crippen LogP contribution in [-0.2, 0) is 4.79 Å². The van der Waals surface area contributed by atoms with Gasteiger partial charge in [-0.15, -0.1) is 0 Å². The summed E-state index contributed by atoms with van der Waals surface area (Å²) in [6.45, 7) is 4.75. The molecule has 1 saturated heterocycles. The van der Waals surface area contributed by atoms with Gasteiger partial charge in [-0.3, -0.25) is 4.79 Å². The summed E-state index contributed by atoms with van der Waals surface area (Å²) in [6.07, 6.45) is 11.5. The molecule has 0 atom stereocenters. The fourth-order valence-corrected chi connectivity index (χ4v) is 2.70. The molecular formula is C15H28N2O. The van der Waals surface area contributed by atoms with E-state index in [0.717, 1.165) is 25.8 Å². The number of hydrogen-bond donors (Lipinski definition) is 1. The Kier molecular flexibility index (Phi) is 5.98. The van der Waals surface area contributed by atoms with E-state index in [1.54, 1.807) is 0 Å². The molecular weight excluding hydrogens is 224 g/mol. The number of unbranched alkanes of at least 4 members (excludes halogenated alkanes) is 2. The fourth-order valence-electron chi connectivity index (χ4n) is 2.70. The number of carbonyl (C=O) groups is 1. The van der Waals surface area contributed by atoms with E-state index in [-0.39, 0.29) is 0 Å². The van der Waals surface area contributed by atoms with Crippen molar-refractivity contribution in [3.8, 4) is 0 Å². The molecule has 0 aromatic heterocycles. The zero-order valence-electron chi connectivity index (χ0n) is 11.6. The maximum Gasteiger partial charge on any atom is 0.223 e. The van der Waals surface area contributed by atoms with Crippen molar-refractivity contribution in [3.05, 3.63) is 0 Å². The van der Waals surface area contributed by atoms with Gasteiger partial charge in [0.05, 0.1) is 0 Å². The first-order valence-electron chi connectivity index (χ1n) is 7.86. The van der Waals surface area contributed by atoms with Crippen molar-refractivity contribution in [3.63, 3.8) is 0 Å². The lowest BCUT2D eigenvalue weighted by molar-refractivity contribution is -0.122. The molecule has 2 fully saturated rings. The molecule has 2 aliphatic rings. The number of rotatable bonds is 7. The summed E-state index contributed by atoms with van der Waals surface area (Å²) in [5, 5.41) is 3.04. The van der Waals surface area contributed by atoms with Gasteiger partial charge in [-0.1, -0.05) is 19.3 Å². The highest BCUT2D eigenvalue weighted by Crippen LogP contribution is 2.28. The van der Waals surface area contributed by atoms with E-state index >= 15 is 0 Å². The zero-order chi connectivity index (χ0) is 12.6. The molecule has 0 aromatic carbocycles. The summed E-state index contributed by atoms with van der Waals surface area (Å²) in [7, 11) is 0. The molecule has 3 heteroatoms. The second-order valence-corrected chi connectivity index (χ2v) is 5.88. The van der Waals surface area contributed by atoms with Crippen LogP contribution in [0.5, 0.6) is 0 Å². The van der Waals surface area contributed by atoms with Crippen molar-refractivity contribution in [2.24, 2.45) is 5.92 Å². The molecule has 3 nitrogen and oxygen atoms in total. The van der Waals surface area contributed by atoms with Crippen molar-refractivity contribution < 1.29 is 4.79 Å². The molecule has 0 spiro atoms. The molecule has 0 aromatic rings. The largest absolute Gasteiger partial charge is 0.356 e. The van der Waals surface area contributed by atoms with Gasteiger partial charge in [0.2, 0.25) is 5.91 Å². The molecule has 1 aliphatic heterocycles. The quantitative estimate of drug-likeness (QED) is 0.706. The van der Waals surface area contributed by atoms with Crippen LogP contribution in [0.2, 0.25) is 0 Å². The topological polar surface area (TPSA) is 32.3 Å². The van der Waals surface area contributed by atoms with Crippen LogP contribution >= 0.6 is 0 Å². The van der Waals surface area contributed by atoms with Crippen LogP contribution in [0.1, 0.15) is 57.8 Å². The molecule has 104 valence electrons. The lowest BCUT2D eigenvalue weighted by atomic mass is 10.2. The van der Waals surface area contributed by atoms with Gasteiger partial charge < -0.3 is 10.2 Å². The maximum absolute atomic E-state index is 11.4. The van der Waals surface area contributed by atoms with Crippen LogP contribution in [0.4, 0.5) is 0 Å². The normalized spacial score (nSPS) is 21.6. The molecule has 0 unspecified atom stereocenters. The lowest BCUT2D eigenvalue weighted by Crippen LogP contribution is -2.27.